The number of aryl methyl sites for hydroxylation is 1. The molecular weight excluding hydrogens is 408 g/mol. The molecule has 1 fully saturated rings. The monoisotopic (exact) mass is 432 g/mol. The summed E-state index contributed by atoms with van der Waals surface area (Å²) in [7, 11) is 1.82. The van der Waals surface area contributed by atoms with Crippen molar-refractivity contribution in [3.8, 4) is 0 Å². The molecule has 0 aliphatic carbocycles. The maximum absolute atomic E-state index is 13.4. The van der Waals surface area contributed by atoms with E-state index in [9.17, 15) is 9.59 Å². The number of hydrogen-bond donors (Lipinski definition) is 1. The number of anilines is 1. The largest absolute Gasteiger partial charge is 0.340 e. The number of rotatable bonds is 4. The fourth-order valence-electron chi connectivity index (χ4n) is 4.35. The molecule has 2 N–H and O–H groups in total. The predicted octanol–water partition coefficient (Wildman–Crippen LogP) is 0.916. The summed E-state index contributed by atoms with van der Waals surface area (Å²) in [6, 6.07) is 7.31. The van der Waals surface area contributed by atoms with Gasteiger partial charge in [0, 0.05) is 32.4 Å². The van der Waals surface area contributed by atoms with E-state index in [4.69, 9.17) is 5.73 Å². The lowest BCUT2D eigenvalue weighted by Gasteiger charge is -2.31. The van der Waals surface area contributed by atoms with Gasteiger partial charge in [0.1, 0.15) is 23.4 Å². The van der Waals surface area contributed by atoms with Gasteiger partial charge in [-0.15, -0.1) is 0 Å². The van der Waals surface area contributed by atoms with Crippen LogP contribution in [0.5, 0.6) is 0 Å². The summed E-state index contributed by atoms with van der Waals surface area (Å²) in [4.78, 5) is 36.7. The molecule has 164 valence electrons. The van der Waals surface area contributed by atoms with Crippen molar-refractivity contribution in [1.82, 2.24) is 28.9 Å². The Hall–Kier alpha value is -3.79. The summed E-state index contributed by atoms with van der Waals surface area (Å²) in [6.45, 7) is 5.42. The smallest absolute Gasteiger partial charge is 0.293 e. The number of nitrogens with two attached hydrogens (primary N) is 1. The molecule has 5 rings (SSSR count). The highest BCUT2D eigenvalue weighted by Crippen LogP contribution is 2.23. The third-order valence-corrected chi connectivity index (χ3v) is 6.00. The fourth-order valence-corrected chi connectivity index (χ4v) is 4.35. The van der Waals surface area contributed by atoms with Crippen molar-refractivity contribution in [2.24, 2.45) is 12.8 Å². The van der Waals surface area contributed by atoms with Crippen LogP contribution in [0.3, 0.4) is 0 Å². The van der Waals surface area contributed by atoms with Crippen LogP contribution in [0, 0.1) is 0 Å². The first-order chi connectivity index (χ1) is 15.5. The van der Waals surface area contributed by atoms with E-state index in [1.54, 1.807) is 33.7 Å². The van der Waals surface area contributed by atoms with Crippen LogP contribution >= 0.6 is 0 Å². The van der Waals surface area contributed by atoms with E-state index in [0.29, 0.717) is 34.7 Å². The summed E-state index contributed by atoms with van der Waals surface area (Å²) in [5.41, 5.74) is 7.09. The van der Waals surface area contributed by atoms with E-state index in [1.807, 2.05) is 19.2 Å². The number of hydrogen-bond acceptors (Lipinski definition) is 7. The second-order valence-corrected chi connectivity index (χ2v) is 8.06. The summed E-state index contributed by atoms with van der Waals surface area (Å²) in [5.74, 6) is 1.08. The van der Waals surface area contributed by atoms with Gasteiger partial charge in [-0.2, -0.15) is 10.1 Å². The molecule has 4 heterocycles. The number of fused-ring (bicyclic) bond motifs is 2. The predicted molar refractivity (Wildman–Crippen MR) is 124 cm³/mol. The number of imidazole rings is 1. The lowest BCUT2D eigenvalue weighted by Crippen LogP contribution is -2.43. The maximum atomic E-state index is 13.4. The molecule has 1 aliphatic rings. The molecule has 0 bridgehead atoms. The average Bonchev–Trinajstić information content (AvgIpc) is 3.18. The highest BCUT2D eigenvalue weighted by atomic mass is 16.1. The molecule has 0 saturated carbocycles. The molecule has 0 spiro atoms. The molecule has 1 saturated heterocycles. The van der Waals surface area contributed by atoms with Gasteiger partial charge in [0.15, 0.2) is 0 Å². The Morgan fingerprint density at radius 2 is 2.06 bits per heavy atom. The second kappa shape index (κ2) is 7.72. The van der Waals surface area contributed by atoms with E-state index in [1.165, 1.54) is 4.68 Å². The third-order valence-electron chi connectivity index (χ3n) is 6.00. The molecule has 1 unspecified atom stereocenters. The van der Waals surface area contributed by atoms with Gasteiger partial charge in [-0.25, -0.2) is 9.67 Å². The normalized spacial score (nSPS) is 16.7. The minimum atomic E-state index is -0.331. The maximum Gasteiger partial charge on any atom is 0.293 e. The highest BCUT2D eigenvalue weighted by molar-refractivity contribution is 5.80. The van der Waals surface area contributed by atoms with Crippen molar-refractivity contribution < 1.29 is 0 Å². The molecule has 1 aliphatic heterocycles. The standard InChI is InChI=1S/C22H24N8O2/c1-3-29-19-16(25-22(29)28-10-6-7-14(23)12-28)11-24-30(21(19)32)13-18-26-20(31)15-8-4-5-9-17(15)27(18)2/h3-5,8-9,11,14H,1,6-7,10,12-13,23H2,2H3. The zero-order valence-corrected chi connectivity index (χ0v) is 17.8. The highest BCUT2D eigenvalue weighted by Gasteiger charge is 2.24. The van der Waals surface area contributed by atoms with Gasteiger partial charge >= 0.3 is 0 Å². The van der Waals surface area contributed by atoms with Gasteiger partial charge in [-0.05, 0) is 25.0 Å². The van der Waals surface area contributed by atoms with Crippen molar-refractivity contribution in [2.45, 2.75) is 25.4 Å². The Labute approximate surface area is 183 Å². The number of aromatic nitrogens is 6. The number of benzene rings is 1. The molecule has 0 radical (unpaired) electrons. The molecule has 0 amide bonds. The van der Waals surface area contributed by atoms with Gasteiger partial charge < -0.3 is 15.2 Å². The molecule has 4 aromatic rings. The zero-order chi connectivity index (χ0) is 22.4. The minimum absolute atomic E-state index is 0.0532. The molecule has 1 aromatic carbocycles. The van der Waals surface area contributed by atoms with Crippen LogP contribution in [-0.2, 0) is 13.6 Å². The first-order valence-corrected chi connectivity index (χ1v) is 10.5. The van der Waals surface area contributed by atoms with Crippen LogP contribution in [0.15, 0.2) is 46.6 Å². The van der Waals surface area contributed by atoms with Crippen LogP contribution in [0.1, 0.15) is 18.7 Å². The third kappa shape index (κ3) is 3.19. The van der Waals surface area contributed by atoms with Gasteiger partial charge in [0.25, 0.3) is 11.1 Å². The first-order valence-electron chi connectivity index (χ1n) is 10.5. The topological polar surface area (TPSA) is 117 Å². The summed E-state index contributed by atoms with van der Waals surface area (Å²) < 4.78 is 4.80. The van der Waals surface area contributed by atoms with Crippen LogP contribution in [0.2, 0.25) is 0 Å². The number of piperidine rings is 1. The average molecular weight is 432 g/mol. The number of para-hydroxylation sites is 1. The van der Waals surface area contributed by atoms with Gasteiger partial charge in [-0.3, -0.25) is 14.2 Å². The zero-order valence-electron chi connectivity index (χ0n) is 17.8. The van der Waals surface area contributed by atoms with Crippen LogP contribution in [0.4, 0.5) is 5.95 Å². The molecule has 10 nitrogen and oxygen atoms in total. The Morgan fingerprint density at radius 3 is 2.84 bits per heavy atom. The number of nitrogens with zero attached hydrogens (tertiary/aromatic N) is 7. The molecule has 3 aromatic heterocycles. The fraction of sp³-hybridized carbons (Fsp3) is 0.318. The van der Waals surface area contributed by atoms with Crippen LogP contribution < -0.4 is 21.8 Å². The van der Waals surface area contributed by atoms with Crippen molar-refractivity contribution >= 4 is 34.1 Å². The van der Waals surface area contributed by atoms with E-state index in [2.05, 4.69) is 26.5 Å². The Bertz CT molecular complexity index is 1460. The van der Waals surface area contributed by atoms with E-state index >= 15 is 0 Å². The molecule has 32 heavy (non-hydrogen) atoms. The summed E-state index contributed by atoms with van der Waals surface area (Å²) >= 11 is 0. The van der Waals surface area contributed by atoms with Crippen molar-refractivity contribution in [1.29, 1.82) is 0 Å². The van der Waals surface area contributed by atoms with Crippen molar-refractivity contribution in [3.63, 3.8) is 0 Å². The van der Waals surface area contributed by atoms with E-state index < -0.39 is 0 Å². The summed E-state index contributed by atoms with van der Waals surface area (Å²) in [6.07, 6.45) is 5.08. The van der Waals surface area contributed by atoms with Gasteiger partial charge in [0.2, 0.25) is 5.95 Å². The molecule has 10 heteroatoms. The minimum Gasteiger partial charge on any atom is -0.340 e. The second-order valence-electron chi connectivity index (χ2n) is 8.06. The first kappa shape index (κ1) is 20.1. The van der Waals surface area contributed by atoms with Crippen molar-refractivity contribution in [3.05, 3.63) is 63.6 Å². The van der Waals surface area contributed by atoms with E-state index in [-0.39, 0.29) is 23.7 Å². The molecule has 1 atom stereocenters. The Balaban J connectivity index is 1.61. The molecular formula is C22H24N8O2. The Kier molecular flexibility index (Phi) is 4.86. The van der Waals surface area contributed by atoms with Crippen molar-refractivity contribution in [2.75, 3.05) is 18.0 Å². The van der Waals surface area contributed by atoms with Crippen LogP contribution in [0.25, 0.3) is 28.1 Å². The lowest BCUT2D eigenvalue weighted by molar-refractivity contribution is 0.499. The summed E-state index contributed by atoms with van der Waals surface area (Å²) in [5, 5.41) is 4.83. The van der Waals surface area contributed by atoms with Crippen LogP contribution in [-0.4, -0.2) is 48.0 Å². The SMILES string of the molecule is C=Cn1c(N2CCCC(N)C2)nc2cnn(Cc3nc(=O)c4ccccc4n3C)c(=O)c21. The van der Waals surface area contributed by atoms with Gasteiger partial charge in [-0.1, -0.05) is 18.7 Å². The Morgan fingerprint density at radius 1 is 1.25 bits per heavy atom. The lowest BCUT2D eigenvalue weighted by atomic mass is 10.1. The quantitative estimate of drug-likeness (QED) is 0.509. The van der Waals surface area contributed by atoms with Gasteiger partial charge in [0.05, 0.1) is 17.1 Å². The van der Waals surface area contributed by atoms with E-state index in [0.717, 1.165) is 24.9 Å².